The summed E-state index contributed by atoms with van der Waals surface area (Å²) in [5, 5.41) is 5.33. The summed E-state index contributed by atoms with van der Waals surface area (Å²) >= 11 is 0. The Balaban J connectivity index is 2.61. The fraction of sp³-hybridized carbons (Fsp3) is 0.550. The lowest BCUT2D eigenvalue weighted by molar-refractivity contribution is -0.140. The molecule has 0 bridgehead atoms. The van der Waals surface area contributed by atoms with E-state index in [0.29, 0.717) is 25.9 Å². The molecule has 7 nitrogen and oxygen atoms in total. The van der Waals surface area contributed by atoms with Gasteiger partial charge in [0, 0.05) is 26.7 Å². The molecule has 2 N–H and O–H groups in total. The number of nitrogens with zero attached hydrogens (tertiary/aromatic N) is 2. The summed E-state index contributed by atoms with van der Waals surface area (Å²) in [7, 11) is 1.56. The van der Waals surface area contributed by atoms with Gasteiger partial charge in [0.25, 0.3) is 0 Å². The van der Waals surface area contributed by atoms with Gasteiger partial charge in [-0.2, -0.15) is 0 Å². The van der Waals surface area contributed by atoms with Crippen molar-refractivity contribution in [1.29, 1.82) is 0 Å². The molecule has 0 saturated heterocycles. The van der Waals surface area contributed by atoms with Gasteiger partial charge >= 0.3 is 6.03 Å². The fourth-order valence-corrected chi connectivity index (χ4v) is 2.76. The standard InChI is InChI=1S/C20H31FN4O3/c1-5-8-17(19(27)24(4)14-18(26)25(6-2)7-3)23-20(28)22-13-15-9-11-16(21)12-10-15/h9-12,17H,5-8,13-14H2,1-4H3,(H2,22,23,28)/t17-/m1/s1. The quantitative estimate of drug-likeness (QED) is 0.638. The number of halogens is 1. The monoisotopic (exact) mass is 394 g/mol. The average Bonchev–Trinajstić information content (AvgIpc) is 2.67. The molecule has 0 aliphatic carbocycles. The molecule has 0 aliphatic heterocycles. The smallest absolute Gasteiger partial charge is 0.315 e. The van der Waals surface area contributed by atoms with Crippen LogP contribution >= 0.6 is 0 Å². The number of hydrogen-bond acceptors (Lipinski definition) is 3. The number of rotatable bonds is 10. The van der Waals surface area contributed by atoms with Crippen LogP contribution in [0.1, 0.15) is 39.2 Å². The molecule has 1 rings (SSSR count). The number of nitrogens with one attached hydrogen (secondary N) is 2. The van der Waals surface area contributed by atoms with E-state index in [0.717, 1.165) is 5.56 Å². The molecule has 0 radical (unpaired) electrons. The maximum Gasteiger partial charge on any atom is 0.315 e. The predicted octanol–water partition coefficient (Wildman–Crippen LogP) is 2.12. The number of urea groups is 1. The molecule has 4 amide bonds. The Hall–Kier alpha value is -2.64. The molecule has 1 aromatic carbocycles. The van der Waals surface area contributed by atoms with E-state index in [1.54, 1.807) is 24.1 Å². The summed E-state index contributed by atoms with van der Waals surface area (Å²) in [6.07, 6.45) is 1.17. The topological polar surface area (TPSA) is 81.8 Å². The Kier molecular flexibility index (Phi) is 9.98. The average molecular weight is 394 g/mol. The molecular weight excluding hydrogens is 363 g/mol. The van der Waals surface area contributed by atoms with Crippen molar-refractivity contribution in [2.24, 2.45) is 0 Å². The first-order valence-corrected chi connectivity index (χ1v) is 9.63. The van der Waals surface area contributed by atoms with Gasteiger partial charge in [-0.05, 0) is 38.0 Å². The summed E-state index contributed by atoms with van der Waals surface area (Å²) in [6, 6.07) is 4.60. The minimum Gasteiger partial charge on any atom is -0.342 e. The number of carbonyl (C=O) groups excluding carboxylic acids is 3. The van der Waals surface area contributed by atoms with Crippen LogP contribution in [0.3, 0.4) is 0 Å². The molecule has 0 aliphatic rings. The Morgan fingerprint density at radius 1 is 1.07 bits per heavy atom. The SMILES string of the molecule is CCC[C@@H](NC(=O)NCc1ccc(F)cc1)C(=O)N(C)CC(=O)N(CC)CC. The van der Waals surface area contributed by atoms with Crippen molar-refractivity contribution in [3.05, 3.63) is 35.6 Å². The van der Waals surface area contributed by atoms with E-state index in [1.807, 2.05) is 20.8 Å². The summed E-state index contributed by atoms with van der Waals surface area (Å²) in [5.41, 5.74) is 0.747. The molecule has 8 heteroatoms. The molecule has 0 saturated carbocycles. The van der Waals surface area contributed by atoms with Crippen molar-refractivity contribution < 1.29 is 18.8 Å². The molecule has 0 heterocycles. The maximum absolute atomic E-state index is 12.9. The Bertz CT molecular complexity index is 647. The van der Waals surface area contributed by atoms with Gasteiger partial charge in [0.1, 0.15) is 11.9 Å². The molecule has 0 aromatic heterocycles. The van der Waals surface area contributed by atoms with Gasteiger partial charge in [-0.1, -0.05) is 25.5 Å². The van der Waals surface area contributed by atoms with Gasteiger partial charge in [-0.3, -0.25) is 9.59 Å². The molecule has 0 spiro atoms. The highest BCUT2D eigenvalue weighted by atomic mass is 19.1. The second-order valence-electron chi connectivity index (χ2n) is 6.56. The second-order valence-corrected chi connectivity index (χ2v) is 6.56. The first-order chi connectivity index (χ1) is 13.3. The number of hydrogen-bond donors (Lipinski definition) is 2. The minimum atomic E-state index is -0.715. The zero-order chi connectivity index (χ0) is 21.1. The number of likely N-dealkylation sites (N-methyl/N-ethyl adjacent to an activating group) is 2. The van der Waals surface area contributed by atoms with Crippen molar-refractivity contribution in [3.8, 4) is 0 Å². The van der Waals surface area contributed by atoms with Crippen LogP contribution in [0.2, 0.25) is 0 Å². The third kappa shape index (κ3) is 7.54. The summed E-state index contributed by atoms with van der Waals surface area (Å²) < 4.78 is 12.9. The van der Waals surface area contributed by atoms with E-state index in [9.17, 15) is 18.8 Å². The second kappa shape index (κ2) is 11.9. The lowest BCUT2D eigenvalue weighted by Gasteiger charge is -2.26. The number of carbonyl (C=O) groups is 3. The van der Waals surface area contributed by atoms with Crippen LogP contribution in [0, 0.1) is 5.82 Å². The van der Waals surface area contributed by atoms with Gasteiger partial charge in [0.05, 0.1) is 6.54 Å². The largest absolute Gasteiger partial charge is 0.342 e. The van der Waals surface area contributed by atoms with Gasteiger partial charge in [0.15, 0.2) is 0 Å². The highest BCUT2D eigenvalue weighted by molar-refractivity contribution is 5.90. The summed E-state index contributed by atoms with van der Waals surface area (Å²) in [4.78, 5) is 40.1. The van der Waals surface area contributed by atoms with E-state index in [4.69, 9.17) is 0 Å². The molecule has 1 atom stereocenters. The number of amides is 4. The van der Waals surface area contributed by atoms with Crippen molar-refractivity contribution in [2.75, 3.05) is 26.7 Å². The van der Waals surface area contributed by atoms with Gasteiger partial charge < -0.3 is 20.4 Å². The zero-order valence-electron chi connectivity index (χ0n) is 17.1. The van der Waals surface area contributed by atoms with Crippen LogP contribution in [0.25, 0.3) is 0 Å². The highest BCUT2D eigenvalue weighted by Crippen LogP contribution is 2.04. The van der Waals surface area contributed by atoms with E-state index in [-0.39, 0.29) is 30.7 Å². The Morgan fingerprint density at radius 2 is 1.68 bits per heavy atom. The van der Waals surface area contributed by atoms with Crippen LogP contribution in [-0.2, 0) is 16.1 Å². The fourth-order valence-electron chi connectivity index (χ4n) is 2.76. The molecule has 156 valence electrons. The van der Waals surface area contributed by atoms with Crippen LogP contribution < -0.4 is 10.6 Å². The van der Waals surface area contributed by atoms with E-state index in [1.165, 1.54) is 17.0 Å². The Labute approximate surface area is 166 Å². The lowest BCUT2D eigenvalue weighted by atomic mass is 10.1. The van der Waals surface area contributed by atoms with Crippen molar-refractivity contribution in [2.45, 2.75) is 46.2 Å². The van der Waals surface area contributed by atoms with E-state index in [2.05, 4.69) is 10.6 Å². The lowest BCUT2D eigenvalue weighted by Crippen LogP contribution is -2.52. The number of benzene rings is 1. The summed E-state index contributed by atoms with van der Waals surface area (Å²) in [5.74, 6) is -0.778. The first-order valence-electron chi connectivity index (χ1n) is 9.63. The third-order valence-electron chi connectivity index (χ3n) is 4.41. The van der Waals surface area contributed by atoms with Crippen LogP contribution in [0.5, 0.6) is 0 Å². The molecule has 1 aromatic rings. The van der Waals surface area contributed by atoms with Gasteiger partial charge in [-0.15, -0.1) is 0 Å². The molecule has 0 fully saturated rings. The zero-order valence-corrected chi connectivity index (χ0v) is 17.1. The van der Waals surface area contributed by atoms with Crippen LogP contribution in [0.15, 0.2) is 24.3 Å². The molecule has 28 heavy (non-hydrogen) atoms. The maximum atomic E-state index is 12.9. The van der Waals surface area contributed by atoms with Crippen LogP contribution in [0.4, 0.5) is 9.18 Å². The first kappa shape index (κ1) is 23.4. The van der Waals surface area contributed by atoms with Crippen molar-refractivity contribution in [3.63, 3.8) is 0 Å². The van der Waals surface area contributed by atoms with E-state index >= 15 is 0 Å². The van der Waals surface area contributed by atoms with E-state index < -0.39 is 12.1 Å². The summed E-state index contributed by atoms with van der Waals surface area (Å²) in [6.45, 7) is 7.04. The predicted molar refractivity (Wildman–Crippen MR) is 106 cm³/mol. The minimum absolute atomic E-state index is 0.0282. The normalized spacial score (nSPS) is 11.5. The Morgan fingerprint density at radius 3 is 2.21 bits per heavy atom. The molecule has 0 unspecified atom stereocenters. The van der Waals surface area contributed by atoms with Crippen molar-refractivity contribution >= 4 is 17.8 Å². The van der Waals surface area contributed by atoms with Gasteiger partial charge in [0.2, 0.25) is 11.8 Å². The highest BCUT2D eigenvalue weighted by Gasteiger charge is 2.25. The van der Waals surface area contributed by atoms with Crippen molar-refractivity contribution in [1.82, 2.24) is 20.4 Å². The van der Waals surface area contributed by atoms with Gasteiger partial charge in [-0.25, -0.2) is 9.18 Å². The third-order valence-corrected chi connectivity index (χ3v) is 4.41. The molecular formula is C20H31FN4O3. The van der Waals surface area contributed by atoms with Crippen LogP contribution in [-0.4, -0.2) is 60.4 Å².